The van der Waals surface area contributed by atoms with Gasteiger partial charge in [-0.1, -0.05) is 42.5 Å². The van der Waals surface area contributed by atoms with E-state index in [-0.39, 0.29) is 29.9 Å². The average molecular weight is 423 g/mol. The van der Waals surface area contributed by atoms with Crippen LogP contribution >= 0.6 is 0 Å². The lowest BCUT2D eigenvalue weighted by Crippen LogP contribution is -2.51. The van der Waals surface area contributed by atoms with Gasteiger partial charge in [-0.15, -0.1) is 0 Å². The summed E-state index contributed by atoms with van der Waals surface area (Å²) in [5.74, 6) is 0.930. The molecule has 1 amide bonds. The maximum atomic E-state index is 13.0. The van der Waals surface area contributed by atoms with Gasteiger partial charge in [0.1, 0.15) is 12.4 Å². The first-order chi connectivity index (χ1) is 15.1. The Morgan fingerprint density at radius 2 is 1.65 bits per heavy atom. The lowest BCUT2D eigenvalue weighted by atomic mass is 9.51. The van der Waals surface area contributed by atoms with Gasteiger partial charge in [-0.2, -0.15) is 0 Å². The van der Waals surface area contributed by atoms with Gasteiger partial charge in [0.25, 0.3) is 0 Å². The molecule has 31 heavy (non-hydrogen) atoms. The van der Waals surface area contributed by atoms with Gasteiger partial charge in [-0.25, -0.2) is 4.39 Å². The molecule has 0 heterocycles. The number of carbonyl (C=O) groups is 1. The molecule has 0 aliphatic heterocycles. The molecule has 3 aliphatic rings. The van der Waals surface area contributed by atoms with Crippen LogP contribution in [0.2, 0.25) is 0 Å². The molecule has 164 valence electrons. The van der Waals surface area contributed by atoms with Crippen LogP contribution in [-0.2, 0) is 16.8 Å². The minimum atomic E-state index is -0.211. The largest absolute Gasteiger partial charge is 0.489 e. The molecule has 4 nitrogen and oxygen atoms in total. The Balaban J connectivity index is 1.35. The van der Waals surface area contributed by atoms with Crippen molar-refractivity contribution in [1.29, 1.82) is 0 Å². The van der Waals surface area contributed by atoms with E-state index in [2.05, 4.69) is 17.4 Å². The molecule has 0 atom stereocenters. The van der Waals surface area contributed by atoms with Gasteiger partial charge in [0.05, 0.1) is 6.33 Å². The van der Waals surface area contributed by atoms with Gasteiger partial charge >= 0.3 is 0 Å². The number of hydrogen-bond donors (Lipinski definition) is 2. The molecular formula is C26H31FN2O2. The fourth-order valence-corrected chi connectivity index (χ4v) is 5.14. The highest BCUT2D eigenvalue weighted by Gasteiger charge is 2.52. The molecule has 0 radical (unpaired) electrons. The van der Waals surface area contributed by atoms with Crippen LogP contribution in [0.15, 0.2) is 66.5 Å². The monoisotopic (exact) mass is 422 g/mol. The van der Waals surface area contributed by atoms with Crippen LogP contribution in [0.1, 0.15) is 49.7 Å². The number of fused-ring (bicyclic) bond motifs is 3. The lowest BCUT2D eigenvalue weighted by molar-refractivity contribution is -0.138. The number of amides is 1. The van der Waals surface area contributed by atoms with Gasteiger partial charge in [-0.05, 0) is 67.2 Å². The summed E-state index contributed by atoms with van der Waals surface area (Å²) < 4.78 is 18.3. The second-order valence-electron chi connectivity index (χ2n) is 9.01. The van der Waals surface area contributed by atoms with Gasteiger partial charge < -0.3 is 15.8 Å². The third-order valence-electron chi connectivity index (χ3n) is 7.33. The summed E-state index contributed by atoms with van der Waals surface area (Å²) in [6, 6.07) is 18.3. The van der Waals surface area contributed by atoms with E-state index in [1.165, 1.54) is 5.56 Å². The number of nitrogens with two attached hydrogens (primary N) is 1. The Bertz CT molecular complexity index is 900. The Kier molecular flexibility index (Phi) is 6.42. The van der Waals surface area contributed by atoms with Gasteiger partial charge in [-0.3, -0.25) is 4.79 Å². The van der Waals surface area contributed by atoms with E-state index in [1.54, 1.807) is 0 Å². The van der Waals surface area contributed by atoms with E-state index in [0.29, 0.717) is 24.2 Å². The Morgan fingerprint density at radius 1 is 1.00 bits per heavy atom. The molecule has 0 aromatic heterocycles. The standard InChI is InChI=1S/C26H31FN2O2/c27-16-21(17-28)19-31-23-8-6-22(7-9-23)25-10-13-26(14-11-25,15-12-25)24(30)29-18-20-4-2-1-3-5-20/h1-9,16H,10-15,17-19,28H2,(H,29,30). The zero-order chi connectivity index (χ0) is 21.7. The fourth-order valence-electron chi connectivity index (χ4n) is 5.14. The van der Waals surface area contributed by atoms with Gasteiger partial charge in [0.2, 0.25) is 5.91 Å². The van der Waals surface area contributed by atoms with Crippen molar-refractivity contribution in [2.45, 2.75) is 50.5 Å². The molecule has 2 aromatic carbocycles. The predicted molar refractivity (Wildman–Crippen MR) is 120 cm³/mol. The number of hydrogen-bond acceptors (Lipinski definition) is 3. The number of carbonyl (C=O) groups excluding carboxylic acids is 1. The van der Waals surface area contributed by atoms with Crippen LogP contribution in [0.25, 0.3) is 0 Å². The minimum Gasteiger partial charge on any atom is -0.489 e. The van der Waals surface area contributed by atoms with E-state index in [1.807, 2.05) is 42.5 Å². The average Bonchev–Trinajstić information content (AvgIpc) is 2.85. The van der Waals surface area contributed by atoms with Crippen molar-refractivity contribution in [3.05, 3.63) is 77.6 Å². The van der Waals surface area contributed by atoms with Crippen LogP contribution in [0, 0.1) is 5.41 Å². The highest BCUT2D eigenvalue weighted by Crippen LogP contribution is 2.57. The second-order valence-corrected chi connectivity index (χ2v) is 9.01. The van der Waals surface area contributed by atoms with E-state index in [4.69, 9.17) is 10.5 Å². The molecular weight excluding hydrogens is 391 g/mol. The normalized spacial score (nSPS) is 25.3. The van der Waals surface area contributed by atoms with Crippen LogP contribution in [-0.4, -0.2) is 19.1 Å². The predicted octanol–water partition coefficient (Wildman–Crippen LogP) is 4.79. The summed E-state index contributed by atoms with van der Waals surface area (Å²) >= 11 is 0. The van der Waals surface area contributed by atoms with Crippen molar-refractivity contribution >= 4 is 5.91 Å². The molecule has 5 heteroatoms. The van der Waals surface area contributed by atoms with Crippen LogP contribution in [0.3, 0.4) is 0 Å². The first kappa shape index (κ1) is 21.6. The summed E-state index contributed by atoms with van der Waals surface area (Å²) in [5, 5.41) is 3.18. The Morgan fingerprint density at radius 3 is 2.23 bits per heavy atom. The number of ether oxygens (including phenoxy) is 1. The number of benzene rings is 2. The van der Waals surface area contributed by atoms with Crippen molar-refractivity contribution in [3.63, 3.8) is 0 Å². The van der Waals surface area contributed by atoms with Crippen LogP contribution in [0.5, 0.6) is 5.75 Å². The lowest BCUT2D eigenvalue weighted by Gasteiger charge is -2.52. The summed E-state index contributed by atoms with van der Waals surface area (Å²) in [6.45, 7) is 0.911. The minimum absolute atomic E-state index is 0.151. The Hall–Kier alpha value is -2.66. The van der Waals surface area contributed by atoms with Gasteiger partial charge in [0, 0.05) is 24.1 Å². The van der Waals surface area contributed by atoms with Gasteiger partial charge in [0.15, 0.2) is 0 Å². The third-order valence-corrected chi connectivity index (χ3v) is 7.33. The molecule has 3 fully saturated rings. The highest BCUT2D eigenvalue weighted by molar-refractivity contribution is 5.83. The van der Waals surface area contributed by atoms with Crippen molar-refractivity contribution < 1.29 is 13.9 Å². The first-order valence-corrected chi connectivity index (χ1v) is 11.1. The molecule has 0 saturated heterocycles. The second kappa shape index (κ2) is 9.23. The molecule has 5 rings (SSSR count). The SMILES string of the molecule is NCC(=CF)COc1ccc(C23CCC(C(=O)NCc4ccccc4)(CC2)CC3)cc1. The number of rotatable bonds is 8. The van der Waals surface area contributed by atoms with Crippen molar-refractivity contribution in [1.82, 2.24) is 5.32 Å². The smallest absolute Gasteiger partial charge is 0.226 e. The van der Waals surface area contributed by atoms with Crippen LogP contribution in [0.4, 0.5) is 4.39 Å². The summed E-state index contributed by atoms with van der Waals surface area (Å²) in [4.78, 5) is 13.0. The molecule has 3 saturated carbocycles. The summed E-state index contributed by atoms with van der Waals surface area (Å²) in [5.41, 5.74) is 8.30. The van der Waals surface area contributed by atoms with Crippen molar-refractivity contribution in [2.75, 3.05) is 13.2 Å². The maximum Gasteiger partial charge on any atom is 0.226 e. The zero-order valence-corrected chi connectivity index (χ0v) is 17.9. The summed E-state index contributed by atoms with van der Waals surface area (Å²) in [7, 11) is 0. The van der Waals surface area contributed by atoms with E-state index in [9.17, 15) is 9.18 Å². The zero-order valence-electron chi connectivity index (χ0n) is 17.9. The van der Waals surface area contributed by atoms with Crippen molar-refractivity contribution in [2.24, 2.45) is 11.1 Å². The molecule has 3 N–H and O–H groups in total. The quantitative estimate of drug-likeness (QED) is 0.643. The van der Waals surface area contributed by atoms with Crippen molar-refractivity contribution in [3.8, 4) is 5.75 Å². The number of nitrogens with one attached hydrogen (secondary N) is 1. The number of halogens is 1. The first-order valence-electron chi connectivity index (χ1n) is 11.1. The van der Waals surface area contributed by atoms with E-state index in [0.717, 1.165) is 44.1 Å². The molecule has 0 spiro atoms. The molecule has 3 aliphatic carbocycles. The molecule has 0 unspecified atom stereocenters. The molecule has 2 aromatic rings. The van der Waals surface area contributed by atoms with Crippen LogP contribution < -0.4 is 15.8 Å². The topological polar surface area (TPSA) is 64.3 Å². The maximum absolute atomic E-state index is 13.0. The van der Waals surface area contributed by atoms with E-state index < -0.39 is 0 Å². The highest BCUT2D eigenvalue weighted by atomic mass is 19.1. The summed E-state index contributed by atoms with van der Waals surface area (Å²) in [6.07, 6.45) is 6.43. The molecule has 2 bridgehead atoms. The van der Waals surface area contributed by atoms with E-state index >= 15 is 0 Å². The third kappa shape index (κ3) is 4.52. The Labute approximate surface area is 183 Å². The fraction of sp³-hybridized carbons (Fsp3) is 0.423.